The lowest BCUT2D eigenvalue weighted by molar-refractivity contribution is -0.120. The van der Waals surface area contributed by atoms with Crippen molar-refractivity contribution < 1.29 is 13.2 Å². The van der Waals surface area contributed by atoms with E-state index in [1.54, 1.807) is 19.1 Å². The van der Waals surface area contributed by atoms with Gasteiger partial charge in [-0.05, 0) is 86.7 Å². The van der Waals surface area contributed by atoms with Crippen LogP contribution in [0, 0.1) is 29.1 Å². The molecule has 2 aliphatic heterocycles. The molecule has 6 rings (SSSR count). The molecule has 1 saturated carbocycles. The third-order valence-corrected chi connectivity index (χ3v) is 11.9. The summed E-state index contributed by atoms with van der Waals surface area (Å²) < 4.78 is 25.8. The van der Waals surface area contributed by atoms with Crippen LogP contribution in [0.4, 0.5) is 5.69 Å². The number of nitriles is 1. The van der Waals surface area contributed by atoms with Crippen LogP contribution < -0.4 is 10.2 Å². The van der Waals surface area contributed by atoms with E-state index in [2.05, 4.69) is 38.3 Å². The van der Waals surface area contributed by atoms with E-state index in [0.29, 0.717) is 5.92 Å². The summed E-state index contributed by atoms with van der Waals surface area (Å²) in [6.45, 7) is 6.44. The molecule has 0 radical (unpaired) electrons. The highest BCUT2D eigenvalue weighted by Gasteiger charge is 2.52. The van der Waals surface area contributed by atoms with Crippen LogP contribution in [0.25, 0.3) is 0 Å². The molecule has 3 aromatic rings. The van der Waals surface area contributed by atoms with Crippen molar-refractivity contribution in [1.82, 2.24) is 15.2 Å². The Morgan fingerprint density at radius 3 is 2.25 bits per heavy atom. The van der Waals surface area contributed by atoms with Crippen molar-refractivity contribution in [3.8, 4) is 6.07 Å². The number of aromatic nitrogens is 1. The number of carbonyl (C=O) groups is 1. The summed E-state index contributed by atoms with van der Waals surface area (Å²) in [7, 11) is -3.55. The molecule has 3 fully saturated rings. The topological polar surface area (TPSA) is 106 Å². The van der Waals surface area contributed by atoms with E-state index in [-0.39, 0.29) is 33.6 Å². The average Bonchev–Trinajstić information content (AvgIpc) is 3.49. The van der Waals surface area contributed by atoms with E-state index in [9.17, 15) is 18.5 Å². The lowest BCUT2D eigenvalue weighted by Gasteiger charge is -2.48. The van der Waals surface area contributed by atoms with Gasteiger partial charge in [0.15, 0.2) is 0 Å². The largest absolute Gasteiger partial charge is 0.371 e. The van der Waals surface area contributed by atoms with Gasteiger partial charge in [-0.25, -0.2) is 8.42 Å². The molecule has 3 atom stereocenters. The standard InChI is InChI=1S/C35H41N5O3S/c1-26(41)38-34-9-5-8-33(34)35(25-36,28-6-3-2-4-7-28)29-16-20-39(21-17-29)22-27-23-40(24-27)30-10-12-31(13-11-30)44(42,43)32-14-18-37-19-15-32/h2-4,6-7,10-15,18-19,27,29,33-34H,5,8-9,16-17,20-24H2,1H3,(H,38,41)/t33-,34-,35?/m1/s1. The van der Waals surface area contributed by atoms with E-state index in [1.165, 1.54) is 24.5 Å². The second kappa shape index (κ2) is 12.7. The number of sulfone groups is 1. The fourth-order valence-electron chi connectivity index (χ4n) is 7.97. The Bertz CT molecular complexity index is 1580. The molecule has 2 aromatic carbocycles. The zero-order valence-corrected chi connectivity index (χ0v) is 26.1. The van der Waals surface area contributed by atoms with Gasteiger partial charge in [0.05, 0.1) is 21.3 Å². The molecule has 3 aliphatic rings. The number of likely N-dealkylation sites (tertiary alicyclic amines) is 1. The molecule has 3 heterocycles. The van der Waals surface area contributed by atoms with Crippen molar-refractivity contribution in [3.05, 3.63) is 84.7 Å². The smallest absolute Gasteiger partial charge is 0.217 e. The predicted molar refractivity (Wildman–Crippen MR) is 170 cm³/mol. The van der Waals surface area contributed by atoms with Crippen LogP contribution in [-0.4, -0.2) is 63.0 Å². The highest BCUT2D eigenvalue weighted by molar-refractivity contribution is 7.91. The average molecular weight is 612 g/mol. The van der Waals surface area contributed by atoms with E-state index < -0.39 is 15.3 Å². The number of amides is 1. The summed E-state index contributed by atoms with van der Waals surface area (Å²) in [5, 5.41) is 14.1. The number of hydrogen-bond acceptors (Lipinski definition) is 7. The van der Waals surface area contributed by atoms with Gasteiger partial charge in [-0.2, -0.15) is 5.26 Å². The number of piperidine rings is 1. The molecule has 1 aromatic heterocycles. The molecule has 0 spiro atoms. The first-order valence-electron chi connectivity index (χ1n) is 15.8. The van der Waals surface area contributed by atoms with Crippen molar-refractivity contribution in [1.29, 1.82) is 5.26 Å². The van der Waals surface area contributed by atoms with Crippen LogP contribution in [0.1, 0.15) is 44.6 Å². The van der Waals surface area contributed by atoms with E-state index in [4.69, 9.17) is 0 Å². The quantitative estimate of drug-likeness (QED) is 0.370. The maximum absolute atomic E-state index is 12.9. The number of rotatable bonds is 9. The first kappa shape index (κ1) is 30.3. The number of nitrogens with zero attached hydrogens (tertiary/aromatic N) is 4. The number of carbonyl (C=O) groups excluding carboxylic acids is 1. The number of nitrogens with one attached hydrogen (secondary N) is 1. The second-order valence-corrected chi connectivity index (χ2v) is 14.7. The van der Waals surface area contributed by atoms with Gasteiger partial charge in [-0.1, -0.05) is 36.8 Å². The minimum atomic E-state index is -3.55. The summed E-state index contributed by atoms with van der Waals surface area (Å²) in [5.74, 6) is 0.893. The number of benzene rings is 2. The van der Waals surface area contributed by atoms with E-state index in [1.807, 2.05) is 30.3 Å². The molecular weight excluding hydrogens is 570 g/mol. The molecule has 0 bridgehead atoms. The third kappa shape index (κ3) is 5.85. The molecule has 1 N–H and O–H groups in total. The summed E-state index contributed by atoms with van der Waals surface area (Å²) in [6, 6.07) is 23.4. The maximum atomic E-state index is 12.9. The van der Waals surface area contributed by atoms with Crippen LogP contribution in [-0.2, 0) is 20.0 Å². The molecule has 1 unspecified atom stereocenters. The Kier molecular flexibility index (Phi) is 8.75. The number of pyridine rings is 1. The normalized spacial score (nSPS) is 23.0. The van der Waals surface area contributed by atoms with Crippen molar-refractivity contribution in [2.24, 2.45) is 17.8 Å². The molecule has 9 heteroatoms. The van der Waals surface area contributed by atoms with E-state index >= 15 is 0 Å². The van der Waals surface area contributed by atoms with Gasteiger partial charge in [-0.15, -0.1) is 0 Å². The van der Waals surface area contributed by atoms with Gasteiger partial charge in [0, 0.05) is 62.5 Å². The van der Waals surface area contributed by atoms with Crippen molar-refractivity contribution >= 4 is 21.4 Å². The molecule has 230 valence electrons. The minimum Gasteiger partial charge on any atom is -0.371 e. The Morgan fingerprint density at radius 1 is 0.955 bits per heavy atom. The molecule has 8 nitrogen and oxygen atoms in total. The lowest BCUT2D eigenvalue weighted by Crippen LogP contribution is -2.55. The van der Waals surface area contributed by atoms with Crippen molar-refractivity contribution in [2.75, 3.05) is 37.6 Å². The summed E-state index contributed by atoms with van der Waals surface area (Å²) in [6.07, 6.45) is 7.85. The summed E-state index contributed by atoms with van der Waals surface area (Å²) in [4.78, 5) is 21.4. The predicted octanol–water partition coefficient (Wildman–Crippen LogP) is 4.83. The maximum Gasteiger partial charge on any atom is 0.217 e. The van der Waals surface area contributed by atoms with Crippen molar-refractivity contribution in [2.45, 2.75) is 60.3 Å². The Hall–Kier alpha value is -3.74. The number of hydrogen-bond donors (Lipinski definition) is 1. The van der Waals surface area contributed by atoms with Crippen LogP contribution in [0.2, 0.25) is 0 Å². The fraction of sp³-hybridized carbons (Fsp3) is 0.457. The second-order valence-electron chi connectivity index (χ2n) is 12.7. The fourth-order valence-corrected chi connectivity index (χ4v) is 9.21. The van der Waals surface area contributed by atoms with E-state index in [0.717, 1.165) is 76.1 Å². The van der Waals surface area contributed by atoms with Gasteiger partial charge in [-0.3, -0.25) is 9.78 Å². The van der Waals surface area contributed by atoms with Crippen LogP contribution in [0.15, 0.2) is 88.9 Å². The monoisotopic (exact) mass is 611 g/mol. The first-order chi connectivity index (χ1) is 21.3. The van der Waals surface area contributed by atoms with Crippen molar-refractivity contribution in [3.63, 3.8) is 0 Å². The van der Waals surface area contributed by atoms with Crippen LogP contribution in [0.5, 0.6) is 0 Å². The molecule has 2 saturated heterocycles. The minimum absolute atomic E-state index is 0.0166. The molecule has 1 amide bonds. The highest BCUT2D eigenvalue weighted by atomic mass is 32.2. The summed E-state index contributed by atoms with van der Waals surface area (Å²) >= 11 is 0. The van der Waals surface area contributed by atoms with Crippen LogP contribution in [0.3, 0.4) is 0 Å². The van der Waals surface area contributed by atoms with Crippen LogP contribution >= 0.6 is 0 Å². The molecule has 1 aliphatic carbocycles. The Morgan fingerprint density at radius 2 is 1.61 bits per heavy atom. The van der Waals surface area contributed by atoms with Gasteiger partial charge in [0.2, 0.25) is 15.7 Å². The van der Waals surface area contributed by atoms with Gasteiger partial charge >= 0.3 is 0 Å². The Labute approximate surface area is 261 Å². The van der Waals surface area contributed by atoms with Gasteiger partial charge in [0.1, 0.15) is 0 Å². The van der Waals surface area contributed by atoms with Gasteiger partial charge < -0.3 is 15.1 Å². The molecule has 44 heavy (non-hydrogen) atoms. The summed E-state index contributed by atoms with van der Waals surface area (Å²) in [5.41, 5.74) is 1.53. The molecular formula is C35H41N5O3S. The third-order valence-electron chi connectivity index (χ3n) is 10.1. The highest BCUT2D eigenvalue weighted by Crippen LogP contribution is 2.50. The first-order valence-corrected chi connectivity index (χ1v) is 17.3. The lowest BCUT2D eigenvalue weighted by atomic mass is 9.59. The Balaban J connectivity index is 1.06. The number of anilines is 1. The zero-order valence-electron chi connectivity index (χ0n) is 25.3. The SMILES string of the molecule is CC(=O)N[C@@H]1CCC[C@H]1C(C#N)(c1ccccc1)C1CCN(CC2CN(c3ccc(S(=O)(=O)c4ccncc4)cc3)C2)CC1. The zero-order chi connectivity index (χ0) is 30.7. The van der Waals surface area contributed by atoms with Gasteiger partial charge in [0.25, 0.3) is 0 Å².